The van der Waals surface area contributed by atoms with Gasteiger partial charge in [-0.15, -0.1) is 0 Å². The summed E-state index contributed by atoms with van der Waals surface area (Å²) in [6.45, 7) is 3.56. The number of nitrogens with one attached hydrogen (secondary N) is 2. The van der Waals surface area contributed by atoms with Crippen molar-refractivity contribution in [2.24, 2.45) is 11.8 Å². The smallest absolute Gasteiger partial charge is 0.264 e. The molecule has 2 bridgehead atoms. The number of ether oxygens (including phenoxy) is 2. The lowest BCUT2D eigenvalue weighted by Crippen LogP contribution is -2.45. The zero-order valence-electron chi connectivity index (χ0n) is 26.1. The van der Waals surface area contributed by atoms with E-state index in [2.05, 4.69) is 14.9 Å². The topological polar surface area (TPSA) is 114 Å². The minimum Gasteiger partial charge on any atom is -0.487 e. The minimum atomic E-state index is -3.92. The zero-order chi connectivity index (χ0) is 32.0. The van der Waals surface area contributed by atoms with Crippen LogP contribution >= 0.6 is 11.6 Å². The van der Waals surface area contributed by atoms with Gasteiger partial charge in [-0.1, -0.05) is 36.7 Å². The highest BCUT2D eigenvalue weighted by atomic mass is 35.5. The fourth-order valence-corrected chi connectivity index (χ4v) is 8.17. The molecule has 4 atom stereocenters. The molecule has 0 unspecified atom stereocenters. The molecule has 2 aromatic rings. The number of hydrogen-bond donors (Lipinski definition) is 2. The number of allylic oxidation sites excluding steroid dienone is 1. The highest BCUT2D eigenvalue weighted by molar-refractivity contribution is 7.90. The molecule has 2 N–H and O–H groups in total. The van der Waals surface area contributed by atoms with Crippen molar-refractivity contribution >= 4 is 39.1 Å². The van der Waals surface area contributed by atoms with Crippen LogP contribution in [0.5, 0.6) is 5.75 Å². The van der Waals surface area contributed by atoms with Crippen LogP contribution in [-0.2, 0) is 32.6 Å². The second-order valence-electron chi connectivity index (χ2n) is 12.2. The lowest BCUT2D eigenvalue weighted by atomic mass is 9.70. The largest absolute Gasteiger partial charge is 0.487 e. The lowest BCUT2D eigenvalue weighted by Gasteiger charge is -2.44. The number of fused-ring (bicyclic) bond motifs is 3. The van der Waals surface area contributed by atoms with Crippen LogP contribution in [-0.4, -0.2) is 58.3 Å². The summed E-state index contributed by atoms with van der Waals surface area (Å²) in [5, 5.41) is 2.60. The number of aryl methyl sites for hydroxylation is 1. The van der Waals surface area contributed by atoms with Crippen molar-refractivity contribution in [3.63, 3.8) is 0 Å². The van der Waals surface area contributed by atoms with Crippen molar-refractivity contribution in [2.45, 2.75) is 76.3 Å². The van der Waals surface area contributed by atoms with E-state index in [-0.39, 0.29) is 30.1 Å². The Morgan fingerprint density at radius 3 is 2.73 bits per heavy atom. The molecule has 244 valence electrons. The van der Waals surface area contributed by atoms with Crippen LogP contribution in [0.4, 0.5) is 5.69 Å². The Balaban J connectivity index is 1.52. The van der Waals surface area contributed by atoms with Crippen molar-refractivity contribution < 1.29 is 27.5 Å². The third kappa shape index (κ3) is 8.20. The van der Waals surface area contributed by atoms with Crippen LogP contribution in [0.3, 0.4) is 0 Å². The molecule has 1 aliphatic carbocycles. The van der Waals surface area contributed by atoms with Gasteiger partial charge in [0.2, 0.25) is 15.9 Å². The van der Waals surface area contributed by atoms with Gasteiger partial charge in [0.05, 0.1) is 17.0 Å². The third-order valence-corrected chi connectivity index (χ3v) is 11.5. The molecule has 3 aliphatic rings. The number of amides is 2. The number of benzene rings is 2. The van der Waals surface area contributed by atoms with Gasteiger partial charge in [-0.05, 0) is 105 Å². The molecule has 45 heavy (non-hydrogen) atoms. The number of hydrogen-bond acceptors (Lipinski definition) is 7. The fourth-order valence-electron chi connectivity index (χ4n) is 6.55. The summed E-state index contributed by atoms with van der Waals surface area (Å²) in [5.41, 5.74) is 3.26. The summed E-state index contributed by atoms with van der Waals surface area (Å²) in [4.78, 5) is 27.8. The number of sulfonamides is 1. The predicted octanol–water partition coefficient (Wildman–Crippen LogP) is 5.41. The first-order valence-electron chi connectivity index (χ1n) is 16.0. The molecule has 0 radical (unpaired) electrons. The maximum Gasteiger partial charge on any atom is 0.264 e. The Labute approximate surface area is 271 Å². The molecule has 2 aromatic carbocycles. The second kappa shape index (κ2) is 15.0. The van der Waals surface area contributed by atoms with E-state index in [0.29, 0.717) is 42.6 Å². The van der Waals surface area contributed by atoms with E-state index in [0.717, 1.165) is 62.0 Å². The summed E-state index contributed by atoms with van der Waals surface area (Å²) in [6, 6.07) is 11.0. The molecule has 11 heteroatoms. The van der Waals surface area contributed by atoms with Crippen LogP contribution < -0.4 is 19.7 Å². The van der Waals surface area contributed by atoms with E-state index in [4.69, 9.17) is 21.1 Å². The van der Waals surface area contributed by atoms with Crippen molar-refractivity contribution in [1.29, 1.82) is 0 Å². The number of nitrogens with zero attached hydrogens (tertiary/aromatic N) is 1. The zero-order valence-corrected chi connectivity index (χ0v) is 27.7. The molecule has 2 heterocycles. The normalized spacial score (nSPS) is 26.0. The Morgan fingerprint density at radius 1 is 1.13 bits per heavy atom. The van der Waals surface area contributed by atoms with Gasteiger partial charge in [0.1, 0.15) is 19.0 Å². The summed E-state index contributed by atoms with van der Waals surface area (Å²) < 4.78 is 41.5. The van der Waals surface area contributed by atoms with Gasteiger partial charge >= 0.3 is 0 Å². The highest BCUT2D eigenvalue weighted by Gasteiger charge is 2.38. The third-order valence-electron chi connectivity index (χ3n) is 9.39. The van der Waals surface area contributed by atoms with Crippen LogP contribution in [0.25, 0.3) is 0 Å². The van der Waals surface area contributed by atoms with Crippen molar-refractivity contribution in [3.05, 3.63) is 70.3 Å². The number of rotatable bonds is 4. The summed E-state index contributed by atoms with van der Waals surface area (Å²) in [6.07, 6.45) is 9.65. The van der Waals surface area contributed by atoms with Gasteiger partial charge < -0.3 is 19.7 Å². The molecule has 5 rings (SSSR count). The van der Waals surface area contributed by atoms with Gasteiger partial charge in [-0.3, -0.25) is 9.59 Å². The molecule has 0 spiro atoms. The minimum absolute atomic E-state index is 0.0406. The highest BCUT2D eigenvalue weighted by Crippen LogP contribution is 2.42. The van der Waals surface area contributed by atoms with E-state index >= 15 is 0 Å². The standard InChI is InChI=1S/C34H44ClN3O6S/c1-3-28-9-4-5-10-31(44-22-33(39)36-2)29-15-12-25(29)20-38-17-7-6-8-23-18-27(35)14-11-26(23)21-43-32-16-13-24(19-30(32)38)34(40)37-45(28,41)42/h5,10-11,13-14,16,18-19,25,28-29,31H,3-4,6-9,12,15,17,20-22H2,1-2H3,(H,36,39)(H,37,40)/b10-5+/t25-,28+,29+,31-/m0/s1. The first-order chi connectivity index (χ1) is 21.7. The lowest BCUT2D eigenvalue weighted by molar-refractivity contribution is -0.128. The molecule has 2 aliphatic heterocycles. The molecule has 9 nitrogen and oxygen atoms in total. The number of carbonyl (C=O) groups excluding carboxylic acids is 2. The molecule has 1 fully saturated rings. The maximum absolute atomic E-state index is 13.4. The van der Waals surface area contributed by atoms with Crippen LogP contribution in [0, 0.1) is 11.8 Å². The number of halogens is 1. The number of carbonyl (C=O) groups is 2. The van der Waals surface area contributed by atoms with E-state index in [1.807, 2.05) is 37.3 Å². The maximum atomic E-state index is 13.4. The van der Waals surface area contributed by atoms with Crippen molar-refractivity contribution in [1.82, 2.24) is 10.0 Å². The van der Waals surface area contributed by atoms with Gasteiger partial charge in [0.25, 0.3) is 5.91 Å². The average molecular weight is 658 g/mol. The molecular formula is C34H44ClN3O6S. The van der Waals surface area contributed by atoms with Gasteiger partial charge in [-0.25, -0.2) is 13.1 Å². The molecule has 0 aromatic heterocycles. The Bertz CT molecular complexity index is 1510. The number of anilines is 1. The van der Waals surface area contributed by atoms with Crippen LogP contribution in [0.2, 0.25) is 5.02 Å². The Morgan fingerprint density at radius 2 is 1.98 bits per heavy atom. The van der Waals surface area contributed by atoms with Gasteiger partial charge in [-0.2, -0.15) is 0 Å². The van der Waals surface area contributed by atoms with E-state index in [1.165, 1.54) is 0 Å². The summed E-state index contributed by atoms with van der Waals surface area (Å²) >= 11 is 6.33. The Kier molecular flexibility index (Phi) is 11.1. The molecule has 0 saturated heterocycles. The Hall–Kier alpha value is -3.08. The molecular weight excluding hydrogens is 614 g/mol. The first kappa shape index (κ1) is 33.3. The SMILES string of the molecule is CC[C@@H]1CC/C=C/[C@H](OCC(=O)NC)[C@@H]2CC[C@H]2CN2CCCCc3cc(Cl)ccc3COc3ccc(cc32)C(=O)NS1(=O)=O. The van der Waals surface area contributed by atoms with Crippen LogP contribution in [0.1, 0.15) is 73.4 Å². The van der Waals surface area contributed by atoms with Crippen molar-refractivity contribution in [2.75, 3.05) is 31.6 Å². The van der Waals surface area contributed by atoms with Gasteiger partial charge in [0.15, 0.2) is 0 Å². The monoisotopic (exact) mass is 657 g/mol. The first-order valence-corrected chi connectivity index (χ1v) is 17.9. The van der Waals surface area contributed by atoms with Crippen LogP contribution in [0.15, 0.2) is 48.6 Å². The average Bonchev–Trinajstić information content (AvgIpc) is 3.03. The fraction of sp³-hybridized carbons (Fsp3) is 0.529. The summed E-state index contributed by atoms with van der Waals surface area (Å²) in [5.74, 6) is 0.301. The van der Waals surface area contributed by atoms with Gasteiger partial charge in [0, 0.05) is 30.7 Å². The molecule has 2 amide bonds. The van der Waals surface area contributed by atoms with E-state index in [1.54, 1.807) is 25.2 Å². The van der Waals surface area contributed by atoms with E-state index in [9.17, 15) is 18.0 Å². The molecule has 1 saturated carbocycles. The second-order valence-corrected chi connectivity index (χ2v) is 14.6. The quantitative estimate of drug-likeness (QED) is 0.423. The van der Waals surface area contributed by atoms with Crippen molar-refractivity contribution in [3.8, 4) is 5.75 Å². The predicted molar refractivity (Wildman–Crippen MR) is 176 cm³/mol. The van der Waals surface area contributed by atoms with E-state index < -0.39 is 21.2 Å². The number of likely N-dealkylation sites (N-methyl/N-ethyl adjacent to an activating group) is 1. The summed E-state index contributed by atoms with van der Waals surface area (Å²) in [7, 11) is -2.33.